The monoisotopic (exact) mass is 472 g/mol. The van der Waals surface area contributed by atoms with Crippen molar-refractivity contribution in [2.75, 3.05) is 35.3 Å². The summed E-state index contributed by atoms with van der Waals surface area (Å²) >= 11 is 0. The van der Waals surface area contributed by atoms with E-state index in [9.17, 15) is 14.7 Å². The molecule has 2 N–H and O–H groups in total. The van der Waals surface area contributed by atoms with Crippen LogP contribution in [0.3, 0.4) is 0 Å². The second kappa shape index (κ2) is 9.68. The van der Waals surface area contributed by atoms with E-state index in [4.69, 9.17) is 4.98 Å². The summed E-state index contributed by atoms with van der Waals surface area (Å²) in [6.45, 7) is 8.58. The molecule has 1 saturated heterocycles. The van der Waals surface area contributed by atoms with Crippen LogP contribution >= 0.6 is 0 Å². The van der Waals surface area contributed by atoms with Gasteiger partial charge in [0.25, 0.3) is 5.91 Å². The molecule has 2 amide bonds. The first-order valence-electron chi connectivity index (χ1n) is 12.8. The van der Waals surface area contributed by atoms with Crippen molar-refractivity contribution in [2.45, 2.75) is 96.4 Å². The van der Waals surface area contributed by atoms with E-state index in [-0.39, 0.29) is 23.9 Å². The van der Waals surface area contributed by atoms with E-state index in [2.05, 4.69) is 29.0 Å². The molecule has 1 unspecified atom stereocenters. The van der Waals surface area contributed by atoms with Crippen LogP contribution in [0.5, 0.6) is 0 Å². The van der Waals surface area contributed by atoms with E-state index in [0.717, 1.165) is 43.6 Å². The zero-order chi connectivity index (χ0) is 24.6. The van der Waals surface area contributed by atoms with Crippen molar-refractivity contribution in [3.63, 3.8) is 0 Å². The highest BCUT2D eigenvalue weighted by molar-refractivity contribution is 6.04. The Kier molecular flexibility index (Phi) is 7.03. The summed E-state index contributed by atoms with van der Waals surface area (Å²) in [4.78, 5) is 40.7. The van der Waals surface area contributed by atoms with E-state index in [1.165, 1.54) is 12.8 Å². The Balaban J connectivity index is 1.48. The molecular formula is C25H40N6O3. The topological polar surface area (TPSA) is 102 Å². The SMILES string of the molecule is CCC1C(=O)N(C)c2cnc(N[C@@H](C)C3CCN(C(=O)C(C)(C)O)CC3)nc2N1C1CCCC1. The Bertz CT molecular complexity index is 902. The third-order valence-corrected chi connectivity index (χ3v) is 7.83. The second-order valence-electron chi connectivity index (χ2n) is 10.7. The molecule has 0 aromatic carbocycles. The zero-order valence-corrected chi connectivity index (χ0v) is 21.3. The number of aliphatic hydroxyl groups is 1. The van der Waals surface area contributed by atoms with E-state index < -0.39 is 5.60 Å². The van der Waals surface area contributed by atoms with E-state index in [0.29, 0.717) is 31.0 Å². The number of rotatable bonds is 6. The lowest BCUT2D eigenvalue weighted by atomic mass is 9.89. The summed E-state index contributed by atoms with van der Waals surface area (Å²) in [7, 11) is 1.82. The highest BCUT2D eigenvalue weighted by atomic mass is 16.3. The summed E-state index contributed by atoms with van der Waals surface area (Å²) in [5.74, 6) is 1.73. The Morgan fingerprint density at radius 3 is 2.47 bits per heavy atom. The van der Waals surface area contributed by atoms with Gasteiger partial charge in [-0.25, -0.2) is 4.98 Å². The largest absolute Gasteiger partial charge is 0.381 e. The molecule has 4 rings (SSSR count). The predicted octanol–water partition coefficient (Wildman–Crippen LogP) is 2.79. The normalized spacial score (nSPS) is 23.3. The van der Waals surface area contributed by atoms with Crippen molar-refractivity contribution in [1.29, 1.82) is 0 Å². The second-order valence-corrected chi connectivity index (χ2v) is 10.7. The molecule has 2 fully saturated rings. The number of nitrogens with zero attached hydrogens (tertiary/aromatic N) is 5. The van der Waals surface area contributed by atoms with Crippen molar-refractivity contribution < 1.29 is 14.7 Å². The number of hydrogen-bond donors (Lipinski definition) is 2. The minimum absolute atomic E-state index is 0.118. The van der Waals surface area contributed by atoms with Gasteiger partial charge in [0.15, 0.2) is 5.82 Å². The third-order valence-electron chi connectivity index (χ3n) is 7.83. The number of fused-ring (bicyclic) bond motifs is 1. The van der Waals surface area contributed by atoms with Crippen LogP contribution < -0.4 is 15.1 Å². The molecule has 1 aromatic heterocycles. The lowest BCUT2D eigenvalue weighted by Gasteiger charge is -2.43. The quantitative estimate of drug-likeness (QED) is 0.656. The van der Waals surface area contributed by atoms with Gasteiger partial charge >= 0.3 is 0 Å². The Morgan fingerprint density at radius 1 is 1.24 bits per heavy atom. The Labute approximate surface area is 202 Å². The Morgan fingerprint density at radius 2 is 1.88 bits per heavy atom. The van der Waals surface area contributed by atoms with E-state index in [1.807, 2.05) is 7.05 Å². The van der Waals surface area contributed by atoms with Gasteiger partial charge in [-0.3, -0.25) is 9.59 Å². The van der Waals surface area contributed by atoms with Gasteiger partial charge in [0.1, 0.15) is 17.3 Å². The number of likely N-dealkylation sites (N-methyl/N-ethyl adjacent to an activating group) is 1. The maximum atomic E-state index is 13.1. The first kappa shape index (κ1) is 24.7. The zero-order valence-electron chi connectivity index (χ0n) is 21.3. The highest BCUT2D eigenvalue weighted by Gasteiger charge is 2.41. The molecule has 188 valence electrons. The van der Waals surface area contributed by atoms with Crippen LogP contribution in [0.4, 0.5) is 17.5 Å². The van der Waals surface area contributed by atoms with Gasteiger partial charge in [-0.15, -0.1) is 0 Å². The van der Waals surface area contributed by atoms with Crippen molar-refractivity contribution in [1.82, 2.24) is 14.9 Å². The molecule has 0 bridgehead atoms. The average Bonchev–Trinajstić information content (AvgIpc) is 3.34. The maximum Gasteiger partial charge on any atom is 0.253 e. The van der Waals surface area contributed by atoms with Gasteiger partial charge in [0.05, 0.1) is 6.20 Å². The first-order valence-corrected chi connectivity index (χ1v) is 12.8. The minimum atomic E-state index is -1.33. The molecule has 2 atom stereocenters. The number of carbonyl (C=O) groups is 2. The number of anilines is 3. The first-order chi connectivity index (χ1) is 16.1. The smallest absolute Gasteiger partial charge is 0.253 e. The molecule has 1 aromatic rings. The molecule has 3 aliphatic rings. The fourth-order valence-electron chi connectivity index (χ4n) is 5.76. The van der Waals surface area contributed by atoms with Crippen LogP contribution in [-0.2, 0) is 9.59 Å². The number of amides is 2. The van der Waals surface area contributed by atoms with Crippen LogP contribution in [0.15, 0.2) is 6.20 Å². The molecule has 2 aliphatic heterocycles. The summed E-state index contributed by atoms with van der Waals surface area (Å²) < 4.78 is 0. The van der Waals surface area contributed by atoms with Gasteiger partial charge in [-0.1, -0.05) is 19.8 Å². The van der Waals surface area contributed by atoms with Crippen molar-refractivity contribution in [3.05, 3.63) is 6.20 Å². The summed E-state index contributed by atoms with van der Waals surface area (Å²) in [5.41, 5.74) is -0.553. The van der Waals surface area contributed by atoms with Gasteiger partial charge in [-0.2, -0.15) is 4.98 Å². The molecule has 0 spiro atoms. The van der Waals surface area contributed by atoms with Gasteiger partial charge < -0.3 is 25.1 Å². The standard InChI is InChI=1S/C25H40N6O3/c1-6-19-22(32)29(5)20-15-26-24(28-21(20)31(19)18-9-7-8-10-18)27-16(2)17-11-13-30(14-12-17)23(33)25(3,4)34/h15-19,34H,6-14H2,1-5H3,(H,26,27,28)/t16-,19?/m0/s1. The molecule has 9 nitrogen and oxygen atoms in total. The summed E-state index contributed by atoms with van der Waals surface area (Å²) in [6.07, 6.45) is 8.83. The third kappa shape index (κ3) is 4.72. The number of nitrogens with one attached hydrogen (secondary N) is 1. The number of piperidine rings is 1. The fraction of sp³-hybridized carbons (Fsp3) is 0.760. The molecule has 3 heterocycles. The van der Waals surface area contributed by atoms with E-state index in [1.54, 1.807) is 29.8 Å². The average molecular weight is 473 g/mol. The molecule has 1 aliphatic carbocycles. The predicted molar refractivity (Wildman–Crippen MR) is 133 cm³/mol. The van der Waals surface area contributed by atoms with Gasteiger partial charge in [-0.05, 0) is 58.8 Å². The molecule has 1 saturated carbocycles. The van der Waals surface area contributed by atoms with Crippen molar-refractivity contribution in [2.24, 2.45) is 5.92 Å². The van der Waals surface area contributed by atoms with Gasteiger partial charge in [0, 0.05) is 32.2 Å². The number of carbonyl (C=O) groups excluding carboxylic acids is 2. The highest BCUT2D eigenvalue weighted by Crippen LogP contribution is 2.40. The number of likely N-dealkylation sites (tertiary alicyclic amines) is 1. The van der Waals surface area contributed by atoms with Crippen molar-refractivity contribution in [3.8, 4) is 0 Å². The van der Waals surface area contributed by atoms with Crippen LogP contribution in [0.1, 0.15) is 72.6 Å². The molecule has 9 heteroatoms. The van der Waals surface area contributed by atoms with Crippen LogP contribution in [0, 0.1) is 5.92 Å². The molecule has 0 radical (unpaired) electrons. The van der Waals surface area contributed by atoms with Crippen LogP contribution in [0.25, 0.3) is 0 Å². The summed E-state index contributed by atoms with van der Waals surface area (Å²) in [6, 6.07) is 0.305. The fourth-order valence-corrected chi connectivity index (χ4v) is 5.76. The van der Waals surface area contributed by atoms with Crippen LogP contribution in [-0.4, -0.2) is 75.7 Å². The summed E-state index contributed by atoms with van der Waals surface area (Å²) in [5, 5.41) is 13.5. The van der Waals surface area contributed by atoms with Crippen LogP contribution in [0.2, 0.25) is 0 Å². The van der Waals surface area contributed by atoms with Crippen molar-refractivity contribution >= 4 is 29.3 Å². The molecule has 34 heavy (non-hydrogen) atoms. The van der Waals surface area contributed by atoms with Gasteiger partial charge in [0.2, 0.25) is 11.9 Å². The lowest BCUT2D eigenvalue weighted by Crippen LogP contribution is -2.55. The number of hydrogen-bond acceptors (Lipinski definition) is 7. The minimum Gasteiger partial charge on any atom is -0.381 e. The maximum absolute atomic E-state index is 13.1. The Hall–Kier alpha value is -2.42. The lowest BCUT2D eigenvalue weighted by molar-refractivity contribution is -0.149. The molecular weight excluding hydrogens is 432 g/mol. The van der Waals surface area contributed by atoms with E-state index >= 15 is 0 Å². The number of aromatic nitrogens is 2.